The number of ether oxygens (including phenoxy) is 2. The van der Waals surface area contributed by atoms with Crippen LogP contribution in [0.3, 0.4) is 0 Å². The first-order valence-corrected chi connectivity index (χ1v) is 13.6. The quantitative estimate of drug-likeness (QED) is 0.437. The van der Waals surface area contributed by atoms with E-state index in [9.17, 15) is 14.7 Å². The van der Waals surface area contributed by atoms with E-state index in [1.807, 2.05) is 62.6 Å². The molecule has 2 aromatic carbocycles. The minimum atomic E-state index is -1.09. The lowest BCUT2D eigenvalue weighted by molar-refractivity contribution is -0.135. The predicted molar refractivity (Wildman–Crippen MR) is 170 cm³/mol. The Balaban J connectivity index is 0.000000391. The number of hydrogen-bond acceptors (Lipinski definition) is 7. The Labute approximate surface area is 257 Å². The number of ketones is 2. The molecule has 0 bridgehead atoms. The molecule has 3 unspecified atom stereocenters. The molecule has 0 aromatic heterocycles. The SMILES string of the molecule is COc1cccc(C2(O)CC(=O)CCC2CN(C)C)c1.COc1cccc(C2=CC(=O)CCC2CN(C)C)c1.Cl.Cl. The number of methoxy groups -OCH3 is 2. The summed E-state index contributed by atoms with van der Waals surface area (Å²) < 4.78 is 10.5. The lowest BCUT2D eigenvalue weighted by atomic mass is 9.71. The zero-order valence-electron chi connectivity index (χ0n) is 25.1. The number of aliphatic hydroxyl groups is 1. The number of allylic oxidation sites excluding steroid dienone is 1. The topological polar surface area (TPSA) is 79.3 Å². The van der Waals surface area contributed by atoms with Crippen LogP contribution in [-0.2, 0) is 15.2 Å². The standard InChI is InChI=1S/C16H23NO3.C16H21NO2.2ClH/c1-17(2)11-13-7-8-14(18)10-16(13,19)12-5-4-6-15(9-12)20-3;1-17(2)11-13-7-8-14(18)10-16(13)12-5-4-6-15(9-12)19-3;;/h4-6,9,13,19H,7-8,10-11H2,1-3H3;4-6,9-10,13H,7-8,11H2,1-3H3;2*1H. The van der Waals surface area contributed by atoms with Crippen LogP contribution in [0.5, 0.6) is 11.5 Å². The number of rotatable bonds is 8. The van der Waals surface area contributed by atoms with Crippen molar-refractivity contribution >= 4 is 42.0 Å². The van der Waals surface area contributed by atoms with Crippen molar-refractivity contribution < 1.29 is 24.2 Å². The number of Topliss-reactive ketones (excluding diaryl/α,β-unsaturated/α-hetero) is 1. The van der Waals surface area contributed by atoms with Gasteiger partial charge in [0.15, 0.2) is 5.78 Å². The molecule has 4 rings (SSSR count). The lowest BCUT2D eigenvalue weighted by Crippen LogP contribution is -2.45. The van der Waals surface area contributed by atoms with Crippen molar-refractivity contribution in [2.45, 2.75) is 37.7 Å². The maximum atomic E-state index is 11.8. The second-order valence-electron chi connectivity index (χ2n) is 11.2. The third-order valence-electron chi connectivity index (χ3n) is 7.55. The van der Waals surface area contributed by atoms with E-state index >= 15 is 0 Å². The van der Waals surface area contributed by atoms with E-state index < -0.39 is 5.60 Å². The summed E-state index contributed by atoms with van der Waals surface area (Å²) in [7, 11) is 11.4. The first-order chi connectivity index (χ1) is 18.5. The van der Waals surface area contributed by atoms with Crippen molar-refractivity contribution in [1.82, 2.24) is 9.80 Å². The Hall–Kier alpha value is -2.42. The van der Waals surface area contributed by atoms with Gasteiger partial charge < -0.3 is 24.4 Å². The highest BCUT2D eigenvalue weighted by Gasteiger charge is 2.43. The molecule has 0 radical (unpaired) electrons. The summed E-state index contributed by atoms with van der Waals surface area (Å²) >= 11 is 0. The Morgan fingerprint density at radius 2 is 1.46 bits per heavy atom. The van der Waals surface area contributed by atoms with E-state index in [4.69, 9.17) is 9.47 Å². The van der Waals surface area contributed by atoms with Gasteiger partial charge in [-0.15, -0.1) is 24.8 Å². The summed E-state index contributed by atoms with van der Waals surface area (Å²) in [6.07, 6.45) is 4.88. The van der Waals surface area contributed by atoms with E-state index in [-0.39, 0.29) is 48.7 Å². The molecular weight excluding hydrogens is 563 g/mol. The fourth-order valence-electron chi connectivity index (χ4n) is 5.61. The normalized spacial score (nSPS) is 22.1. The van der Waals surface area contributed by atoms with Crippen LogP contribution >= 0.6 is 24.8 Å². The summed E-state index contributed by atoms with van der Waals surface area (Å²) in [6, 6.07) is 15.4. The fraction of sp³-hybridized carbons (Fsp3) is 0.500. The molecule has 7 nitrogen and oxygen atoms in total. The van der Waals surface area contributed by atoms with Crippen molar-refractivity contribution in [3.63, 3.8) is 0 Å². The highest BCUT2D eigenvalue weighted by Crippen LogP contribution is 2.41. The second-order valence-corrected chi connectivity index (χ2v) is 11.2. The van der Waals surface area contributed by atoms with E-state index in [2.05, 4.69) is 30.0 Å². The van der Waals surface area contributed by atoms with Crippen molar-refractivity contribution in [2.24, 2.45) is 11.8 Å². The maximum Gasteiger partial charge on any atom is 0.156 e. The zero-order valence-corrected chi connectivity index (χ0v) is 26.7. The van der Waals surface area contributed by atoms with Crippen molar-refractivity contribution in [3.8, 4) is 11.5 Å². The Morgan fingerprint density at radius 3 is 2.07 bits per heavy atom. The molecule has 2 aromatic rings. The van der Waals surface area contributed by atoms with Gasteiger partial charge >= 0.3 is 0 Å². The average molecular weight is 610 g/mol. The van der Waals surface area contributed by atoms with Crippen molar-refractivity contribution in [1.29, 1.82) is 0 Å². The third kappa shape index (κ3) is 10.1. The summed E-state index contributed by atoms with van der Waals surface area (Å²) in [5, 5.41) is 11.1. The largest absolute Gasteiger partial charge is 0.497 e. The van der Waals surface area contributed by atoms with Gasteiger partial charge in [-0.1, -0.05) is 24.3 Å². The van der Waals surface area contributed by atoms with Crippen LogP contribution in [0.2, 0.25) is 0 Å². The van der Waals surface area contributed by atoms with Crippen molar-refractivity contribution in [2.75, 3.05) is 55.5 Å². The molecule has 2 aliphatic rings. The van der Waals surface area contributed by atoms with Gasteiger partial charge in [0.05, 0.1) is 14.2 Å². The molecule has 0 heterocycles. The number of hydrogen-bond donors (Lipinski definition) is 1. The third-order valence-corrected chi connectivity index (χ3v) is 7.55. The Bertz CT molecular complexity index is 1170. The summed E-state index contributed by atoms with van der Waals surface area (Å²) in [5.41, 5.74) is 1.92. The first-order valence-electron chi connectivity index (χ1n) is 13.6. The van der Waals surface area contributed by atoms with Crippen LogP contribution in [0, 0.1) is 11.8 Å². The fourth-order valence-corrected chi connectivity index (χ4v) is 5.61. The van der Waals surface area contributed by atoms with Crippen LogP contribution in [0.25, 0.3) is 5.57 Å². The summed E-state index contributed by atoms with van der Waals surface area (Å²) in [5.74, 6) is 2.37. The molecule has 41 heavy (non-hydrogen) atoms. The molecule has 2 aliphatic carbocycles. The molecule has 0 amide bonds. The Kier molecular flexibility index (Phi) is 15.1. The number of benzene rings is 2. The molecule has 1 saturated carbocycles. The van der Waals surface area contributed by atoms with Gasteiger partial charge in [-0.25, -0.2) is 0 Å². The van der Waals surface area contributed by atoms with E-state index in [1.54, 1.807) is 14.2 Å². The number of carbonyl (C=O) groups excluding carboxylic acids is 2. The smallest absolute Gasteiger partial charge is 0.156 e. The summed E-state index contributed by atoms with van der Waals surface area (Å²) in [6.45, 7) is 1.73. The van der Waals surface area contributed by atoms with Crippen LogP contribution in [-0.4, -0.2) is 82.0 Å². The predicted octanol–water partition coefficient (Wildman–Crippen LogP) is 5.28. The number of nitrogens with zero attached hydrogens (tertiary/aromatic N) is 2. The van der Waals surface area contributed by atoms with E-state index in [0.29, 0.717) is 24.5 Å². The number of halogens is 2. The first kappa shape index (κ1) is 36.6. The minimum absolute atomic E-state index is 0. The van der Waals surface area contributed by atoms with Gasteiger partial charge in [0, 0.05) is 38.3 Å². The van der Waals surface area contributed by atoms with Crippen molar-refractivity contribution in [3.05, 3.63) is 65.7 Å². The molecular formula is C32H46Cl2N2O5. The van der Waals surface area contributed by atoms with Gasteiger partial charge in [-0.3, -0.25) is 9.59 Å². The molecule has 228 valence electrons. The van der Waals surface area contributed by atoms with Gasteiger partial charge in [0.1, 0.15) is 22.9 Å². The van der Waals surface area contributed by atoms with Crippen LogP contribution in [0.4, 0.5) is 0 Å². The van der Waals surface area contributed by atoms with Gasteiger partial charge in [0.2, 0.25) is 0 Å². The van der Waals surface area contributed by atoms with Gasteiger partial charge in [-0.05, 0) is 94.0 Å². The van der Waals surface area contributed by atoms with E-state index in [0.717, 1.165) is 48.4 Å². The molecule has 9 heteroatoms. The number of carbonyl (C=O) groups is 2. The molecule has 0 spiro atoms. The maximum absolute atomic E-state index is 11.8. The van der Waals surface area contributed by atoms with Crippen LogP contribution < -0.4 is 9.47 Å². The summed E-state index contributed by atoms with van der Waals surface area (Å²) in [4.78, 5) is 27.8. The highest BCUT2D eigenvalue weighted by atomic mass is 35.5. The highest BCUT2D eigenvalue weighted by molar-refractivity contribution is 5.99. The van der Waals surface area contributed by atoms with Gasteiger partial charge in [0.25, 0.3) is 0 Å². The molecule has 0 saturated heterocycles. The molecule has 0 aliphatic heterocycles. The molecule has 1 N–H and O–H groups in total. The minimum Gasteiger partial charge on any atom is -0.497 e. The van der Waals surface area contributed by atoms with E-state index in [1.165, 1.54) is 0 Å². The van der Waals surface area contributed by atoms with Crippen LogP contribution in [0.15, 0.2) is 54.6 Å². The van der Waals surface area contributed by atoms with Crippen LogP contribution in [0.1, 0.15) is 43.2 Å². The second kappa shape index (κ2) is 16.9. The van der Waals surface area contributed by atoms with Gasteiger partial charge in [-0.2, -0.15) is 0 Å². The lowest BCUT2D eigenvalue weighted by Gasteiger charge is -2.41. The molecule has 1 fully saturated rings. The average Bonchev–Trinajstić information content (AvgIpc) is 2.91. The zero-order chi connectivity index (χ0) is 28.6. The molecule has 3 atom stereocenters. The monoisotopic (exact) mass is 608 g/mol. The Morgan fingerprint density at radius 1 is 0.854 bits per heavy atom.